The molecule has 8 heteroatoms. The fourth-order valence-electron chi connectivity index (χ4n) is 2.29. The number of aryl methyl sites for hydroxylation is 2. The molecule has 0 aliphatic carbocycles. The van der Waals surface area contributed by atoms with E-state index in [0.717, 1.165) is 11.5 Å². The average Bonchev–Trinajstić information content (AvgIpc) is 2.92. The zero-order chi connectivity index (χ0) is 17.3. The van der Waals surface area contributed by atoms with Crippen molar-refractivity contribution in [1.82, 2.24) is 19.6 Å². The highest BCUT2D eigenvalue weighted by Gasteiger charge is 2.20. The molecule has 124 valence electrons. The maximum Gasteiger partial charge on any atom is 0.237 e. The number of carbonyl (C=O) groups is 1. The standard InChI is InChI=1S/C16H16FN5OS/c1-9-8-14-20-21-16(22(14)11(3)18-9)24-10(2)15(23)19-13-7-5-4-6-12(13)17/h4-8,10H,1-3H3,(H,19,23). The van der Waals surface area contributed by atoms with Crippen LogP contribution in [-0.4, -0.2) is 30.7 Å². The first kappa shape index (κ1) is 16.4. The van der Waals surface area contributed by atoms with Gasteiger partial charge in [0.25, 0.3) is 0 Å². The van der Waals surface area contributed by atoms with Crippen LogP contribution in [-0.2, 0) is 4.79 Å². The Bertz CT molecular complexity index is 911. The second-order valence-electron chi connectivity index (χ2n) is 5.35. The van der Waals surface area contributed by atoms with Crippen LogP contribution in [0.15, 0.2) is 35.5 Å². The van der Waals surface area contributed by atoms with Gasteiger partial charge >= 0.3 is 0 Å². The van der Waals surface area contributed by atoms with Crippen LogP contribution in [0.3, 0.4) is 0 Å². The zero-order valence-corrected chi connectivity index (χ0v) is 14.3. The molecule has 1 atom stereocenters. The molecule has 1 amide bonds. The van der Waals surface area contributed by atoms with Crippen molar-refractivity contribution in [3.63, 3.8) is 0 Å². The van der Waals surface area contributed by atoms with Gasteiger partial charge < -0.3 is 5.32 Å². The predicted molar refractivity (Wildman–Crippen MR) is 90.6 cm³/mol. The fourth-order valence-corrected chi connectivity index (χ4v) is 3.19. The van der Waals surface area contributed by atoms with Crippen molar-refractivity contribution >= 4 is 29.0 Å². The molecule has 0 saturated carbocycles. The number of hydrogen-bond acceptors (Lipinski definition) is 5. The fraction of sp³-hybridized carbons (Fsp3) is 0.250. The molecule has 3 aromatic rings. The van der Waals surface area contributed by atoms with Crippen LogP contribution in [0.2, 0.25) is 0 Å². The van der Waals surface area contributed by atoms with E-state index < -0.39 is 11.1 Å². The monoisotopic (exact) mass is 345 g/mol. The third-order valence-electron chi connectivity index (χ3n) is 3.44. The van der Waals surface area contributed by atoms with Crippen LogP contribution in [0.1, 0.15) is 18.4 Å². The molecule has 2 aromatic heterocycles. The number of rotatable bonds is 4. The summed E-state index contributed by atoms with van der Waals surface area (Å²) in [4.78, 5) is 16.7. The predicted octanol–water partition coefficient (Wildman–Crippen LogP) is 3.00. The summed E-state index contributed by atoms with van der Waals surface area (Å²) in [5.74, 6) is -0.0229. The largest absolute Gasteiger partial charge is 0.323 e. The van der Waals surface area contributed by atoms with E-state index in [9.17, 15) is 9.18 Å². The first-order valence-corrected chi connectivity index (χ1v) is 8.25. The Hall–Kier alpha value is -2.48. The maximum atomic E-state index is 13.6. The van der Waals surface area contributed by atoms with Gasteiger partial charge in [0.05, 0.1) is 10.9 Å². The van der Waals surface area contributed by atoms with E-state index in [1.54, 1.807) is 23.5 Å². The van der Waals surface area contributed by atoms with E-state index >= 15 is 0 Å². The van der Waals surface area contributed by atoms with Gasteiger partial charge in [0.15, 0.2) is 10.8 Å². The number of fused-ring (bicyclic) bond motifs is 1. The number of halogens is 1. The minimum atomic E-state index is -0.474. The molecular formula is C16H16FN5OS. The van der Waals surface area contributed by atoms with E-state index in [1.165, 1.54) is 23.9 Å². The highest BCUT2D eigenvalue weighted by Crippen LogP contribution is 2.24. The number of para-hydroxylation sites is 1. The van der Waals surface area contributed by atoms with Gasteiger partial charge in [-0.3, -0.25) is 9.20 Å². The lowest BCUT2D eigenvalue weighted by atomic mass is 10.3. The van der Waals surface area contributed by atoms with Crippen LogP contribution < -0.4 is 5.32 Å². The van der Waals surface area contributed by atoms with Crippen molar-refractivity contribution in [1.29, 1.82) is 0 Å². The van der Waals surface area contributed by atoms with E-state index in [-0.39, 0.29) is 11.6 Å². The lowest BCUT2D eigenvalue weighted by Crippen LogP contribution is -2.23. The van der Waals surface area contributed by atoms with Crippen molar-refractivity contribution in [3.05, 3.63) is 47.7 Å². The summed E-state index contributed by atoms with van der Waals surface area (Å²) in [5.41, 5.74) is 1.70. The number of anilines is 1. The summed E-state index contributed by atoms with van der Waals surface area (Å²) in [5, 5.41) is 10.9. The number of aromatic nitrogens is 4. The molecule has 0 fully saturated rings. The van der Waals surface area contributed by atoms with Crippen LogP contribution in [0.4, 0.5) is 10.1 Å². The smallest absolute Gasteiger partial charge is 0.237 e. The third-order valence-corrected chi connectivity index (χ3v) is 4.48. The van der Waals surface area contributed by atoms with Gasteiger partial charge in [-0.2, -0.15) is 0 Å². The minimum absolute atomic E-state index is 0.162. The van der Waals surface area contributed by atoms with E-state index in [4.69, 9.17) is 0 Å². The van der Waals surface area contributed by atoms with Gasteiger partial charge in [-0.25, -0.2) is 9.37 Å². The summed E-state index contributed by atoms with van der Waals surface area (Å²) in [6, 6.07) is 7.89. The number of hydrogen-bond donors (Lipinski definition) is 1. The molecular weight excluding hydrogens is 329 g/mol. The van der Waals surface area contributed by atoms with Gasteiger partial charge in [-0.05, 0) is 32.9 Å². The van der Waals surface area contributed by atoms with Gasteiger partial charge in [0, 0.05) is 11.8 Å². The van der Waals surface area contributed by atoms with E-state index in [2.05, 4.69) is 20.5 Å². The van der Waals surface area contributed by atoms with Crippen molar-refractivity contribution in [2.75, 3.05) is 5.32 Å². The lowest BCUT2D eigenvalue weighted by molar-refractivity contribution is -0.115. The van der Waals surface area contributed by atoms with E-state index in [1.807, 2.05) is 19.9 Å². The lowest BCUT2D eigenvalue weighted by Gasteiger charge is -2.12. The van der Waals surface area contributed by atoms with Crippen molar-refractivity contribution in [3.8, 4) is 0 Å². The average molecular weight is 345 g/mol. The molecule has 0 radical (unpaired) electrons. The molecule has 3 rings (SSSR count). The molecule has 24 heavy (non-hydrogen) atoms. The number of benzene rings is 1. The van der Waals surface area contributed by atoms with Crippen LogP contribution >= 0.6 is 11.8 Å². The molecule has 1 aromatic carbocycles. The Morgan fingerprint density at radius 1 is 1.29 bits per heavy atom. The number of amides is 1. The Morgan fingerprint density at radius 3 is 2.79 bits per heavy atom. The quantitative estimate of drug-likeness (QED) is 0.736. The number of thioether (sulfide) groups is 1. The highest BCUT2D eigenvalue weighted by atomic mass is 32.2. The number of nitrogens with one attached hydrogen (secondary N) is 1. The summed E-state index contributed by atoms with van der Waals surface area (Å²) < 4.78 is 15.4. The Kier molecular flexibility index (Phi) is 4.48. The second-order valence-corrected chi connectivity index (χ2v) is 6.66. The molecule has 0 spiro atoms. The SMILES string of the molecule is Cc1cc2nnc(SC(C)C(=O)Nc3ccccc3F)n2c(C)n1. The molecule has 1 N–H and O–H groups in total. The number of nitrogens with zero attached hydrogens (tertiary/aromatic N) is 4. The summed E-state index contributed by atoms with van der Waals surface area (Å²) in [6.07, 6.45) is 0. The minimum Gasteiger partial charge on any atom is -0.323 e. The first-order chi connectivity index (χ1) is 11.5. The van der Waals surface area contributed by atoms with Gasteiger partial charge in [0.2, 0.25) is 5.91 Å². The van der Waals surface area contributed by atoms with Crippen LogP contribution in [0.5, 0.6) is 0 Å². The van der Waals surface area contributed by atoms with Crippen molar-refractivity contribution in [2.24, 2.45) is 0 Å². The summed E-state index contributed by atoms with van der Waals surface area (Å²) in [6.45, 7) is 5.48. The maximum absolute atomic E-state index is 13.6. The van der Waals surface area contributed by atoms with Crippen LogP contribution in [0, 0.1) is 19.7 Å². The molecule has 1 unspecified atom stereocenters. The van der Waals surface area contributed by atoms with Gasteiger partial charge in [-0.15, -0.1) is 10.2 Å². The normalized spacial score (nSPS) is 12.3. The molecule has 0 aliphatic heterocycles. The zero-order valence-electron chi connectivity index (χ0n) is 13.4. The number of carbonyl (C=O) groups excluding carboxylic acids is 1. The third kappa shape index (κ3) is 3.23. The topological polar surface area (TPSA) is 72.2 Å². The molecule has 6 nitrogen and oxygen atoms in total. The van der Waals surface area contributed by atoms with Gasteiger partial charge in [0.1, 0.15) is 11.6 Å². The highest BCUT2D eigenvalue weighted by molar-refractivity contribution is 8.00. The summed E-state index contributed by atoms with van der Waals surface area (Å²) >= 11 is 1.25. The Labute approximate surface area is 142 Å². The van der Waals surface area contributed by atoms with Gasteiger partial charge in [-0.1, -0.05) is 23.9 Å². The Balaban J connectivity index is 1.79. The molecule has 0 bridgehead atoms. The summed E-state index contributed by atoms with van der Waals surface area (Å²) in [7, 11) is 0. The molecule has 2 heterocycles. The van der Waals surface area contributed by atoms with Crippen LogP contribution in [0.25, 0.3) is 5.65 Å². The van der Waals surface area contributed by atoms with Crippen molar-refractivity contribution < 1.29 is 9.18 Å². The van der Waals surface area contributed by atoms with Crippen molar-refractivity contribution in [2.45, 2.75) is 31.2 Å². The molecule has 0 saturated heterocycles. The second kappa shape index (κ2) is 6.56. The Morgan fingerprint density at radius 2 is 2.04 bits per heavy atom. The first-order valence-electron chi connectivity index (χ1n) is 7.37. The van der Waals surface area contributed by atoms with E-state index in [0.29, 0.717) is 10.8 Å². The molecule has 0 aliphatic rings.